The third-order valence-corrected chi connectivity index (χ3v) is 12.7. The first-order valence-corrected chi connectivity index (χ1v) is 19.4. The van der Waals surface area contributed by atoms with E-state index in [-0.39, 0.29) is 16.4 Å². The lowest BCUT2D eigenvalue weighted by molar-refractivity contribution is 0.608. The quantitative estimate of drug-likeness (QED) is 0.177. The van der Waals surface area contributed by atoms with Gasteiger partial charge in [0.25, 0.3) is 0 Å². The van der Waals surface area contributed by atoms with Crippen LogP contribution in [0.4, 0.5) is 5.69 Å². The van der Waals surface area contributed by atoms with Crippen molar-refractivity contribution in [2.75, 3.05) is 5.32 Å². The molecule has 8 aromatic carbocycles. The summed E-state index contributed by atoms with van der Waals surface area (Å²) in [5, 5.41) is 9.07. The summed E-state index contributed by atoms with van der Waals surface area (Å²) in [4.78, 5) is 0. The largest absolute Gasteiger partial charge is 0.376 e. The fourth-order valence-corrected chi connectivity index (χ4v) is 9.83. The SMILES string of the molecule is CC(C)(Nc1ccc2c(c1)C(C)(C)c1cc3c(cc1-2)C(C)(C)c1cc2c(-c4ccccc4)c4ccccc4c(-c4ccccc4)c2cc1-3)c1ccccc1. The van der Waals surface area contributed by atoms with Crippen molar-refractivity contribution < 1.29 is 0 Å². The molecule has 0 fully saturated rings. The van der Waals surface area contributed by atoms with Gasteiger partial charge in [0.2, 0.25) is 0 Å². The van der Waals surface area contributed by atoms with Crippen LogP contribution in [0, 0.1) is 0 Å². The molecule has 262 valence electrons. The Hall–Kier alpha value is -5.92. The van der Waals surface area contributed by atoms with Gasteiger partial charge in [-0.3, -0.25) is 0 Å². The third kappa shape index (κ3) is 4.70. The average molecular weight is 696 g/mol. The molecule has 10 rings (SSSR count). The number of nitrogens with one attached hydrogen (secondary N) is 1. The number of hydrogen-bond acceptors (Lipinski definition) is 1. The van der Waals surface area contributed by atoms with E-state index in [0.717, 1.165) is 5.69 Å². The Balaban J connectivity index is 1.18. The van der Waals surface area contributed by atoms with Crippen LogP contribution < -0.4 is 5.32 Å². The first-order chi connectivity index (χ1) is 26.0. The van der Waals surface area contributed by atoms with Gasteiger partial charge in [-0.05, 0) is 144 Å². The first-order valence-electron chi connectivity index (χ1n) is 19.4. The molecule has 2 aliphatic rings. The van der Waals surface area contributed by atoms with E-state index >= 15 is 0 Å². The fourth-order valence-electron chi connectivity index (χ4n) is 9.83. The summed E-state index contributed by atoms with van der Waals surface area (Å²) in [5.41, 5.74) is 18.1. The van der Waals surface area contributed by atoms with Crippen molar-refractivity contribution in [1.82, 2.24) is 0 Å². The maximum atomic E-state index is 3.86. The maximum absolute atomic E-state index is 3.86. The van der Waals surface area contributed by atoms with Crippen LogP contribution >= 0.6 is 0 Å². The van der Waals surface area contributed by atoms with Gasteiger partial charge in [0, 0.05) is 16.5 Å². The van der Waals surface area contributed by atoms with Crippen LogP contribution in [-0.2, 0) is 16.4 Å². The highest BCUT2D eigenvalue weighted by Gasteiger charge is 2.42. The summed E-state index contributed by atoms with van der Waals surface area (Å²) in [5.74, 6) is 0. The summed E-state index contributed by atoms with van der Waals surface area (Å²) in [6.45, 7) is 14.2. The van der Waals surface area contributed by atoms with Gasteiger partial charge in [-0.15, -0.1) is 0 Å². The van der Waals surface area contributed by atoms with Crippen LogP contribution in [0.1, 0.15) is 69.4 Å². The highest BCUT2D eigenvalue weighted by Crippen LogP contribution is 2.58. The Kier molecular flexibility index (Phi) is 6.99. The molecule has 0 aromatic heterocycles. The monoisotopic (exact) mass is 695 g/mol. The predicted molar refractivity (Wildman–Crippen MR) is 231 cm³/mol. The third-order valence-electron chi connectivity index (χ3n) is 12.7. The minimum absolute atomic E-state index is 0.149. The van der Waals surface area contributed by atoms with E-state index in [1.165, 1.54) is 93.9 Å². The van der Waals surface area contributed by atoms with Gasteiger partial charge >= 0.3 is 0 Å². The zero-order valence-corrected chi connectivity index (χ0v) is 32.0. The Labute approximate surface area is 319 Å². The first kappa shape index (κ1) is 32.7. The molecular weight excluding hydrogens is 651 g/mol. The average Bonchev–Trinajstić information content (AvgIpc) is 3.54. The Bertz CT molecular complexity index is 2790. The molecule has 0 spiro atoms. The molecule has 8 aromatic rings. The zero-order chi connectivity index (χ0) is 37.0. The summed E-state index contributed by atoms with van der Waals surface area (Å²) in [7, 11) is 0. The van der Waals surface area contributed by atoms with Crippen molar-refractivity contribution >= 4 is 27.2 Å². The molecule has 1 heteroatoms. The number of anilines is 1. The van der Waals surface area contributed by atoms with Gasteiger partial charge in [0.1, 0.15) is 0 Å². The lowest BCUT2D eigenvalue weighted by Gasteiger charge is -2.29. The molecule has 1 nitrogen and oxygen atoms in total. The van der Waals surface area contributed by atoms with Crippen LogP contribution in [0.5, 0.6) is 0 Å². The van der Waals surface area contributed by atoms with Crippen molar-refractivity contribution in [3.05, 3.63) is 186 Å². The van der Waals surface area contributed by atoms with E-state index < -0.39 is 0 Å². The zero-order valence-electron chi connectivity index (χ0n) is 32.0. The second-order valence-corrected chi connectivity index (χ2v) is 17.0. The van der Waals surface area contributed by atoms with Gasteiger partial charge in [-0.25, -0.2) is 0 Å². The molecule has 0 heterocycles. The molecular formula is C53H45N. The van der Waals surface area contributed by atoms with Gasteiger partial charge in [0.15, 0.2) is 0 Å². The second kappa shape index (κ2) is 11.5. The molecule has 0 atom stereocenters. The number of fused-ring (bicyclic) bond motifs is 8. The Morgan fingerprint density at radius 1 is 0.389 bits per heavy atom. The van der Waals surface area contributed by atoms with E-state index in [1.54, 1.807) is 0 Å². The maximum Gasteiger partial charge on any atom is 0.0569 e. The number of benzene rings is 8. The molecule has 0 amide bonds. The van der Waals surface area contributed by atoms with Crippen molar-refractivity contribution in [2.45, 2.75) is 57.9 Å². The van der Waals surface area contributed by atoms with Crippen molar-refractivity contribution in [3.63, 3.8) is 0 Å². The van der Waals surface area contributed by atoms with Crippen LogP contribution in [0.2, 0.25) is 0 Å². The summed E-state index contributed by atoms with van der Waals surface area (Å²) in [6.07, 6.45) is 0. The molecule has 54 heavy (non-hydrogen) atoms. The van der Waals surface area contributed by atoms with E-state index in [1.807, 2.05) is 0 Å². The van der Waals surface area contributed by atoms with Gasteiger partial charge in [0.05, 0.1) is 5.54 Å². The highest BCUT2D eigenvalue weighted by molar-refractivity contribution is 6.22. The van der Waals surface area contributed by atoms with Crippen LogP contribution in [0.15, 0.2) is 158 Å². The van der Waals surface area contributed by atoms with Crippen molar-refractivity contribution in [1.29, 1.82) is 0 Å². The van der Waals surface area contributed by atoms with Crippen LogP contribution in [-0.4, -0.2) is 0 Å². The van der Waals surface area contributed by atoms with Gasteiger partial charge < -0.3 is 5.32 Å². The lowest BCUT2D eigenvalue weighted by atomic mass is 9.78. The van der Waals surface area contributed by atoms with Crippen LogP contribution in [0.25, 0.3) is 66.1 Å². The van der Waals surface area contributed by atoms with Crippen molar-refractivity contribution in [3.8, 4) is 44.5 Å². The molecule has 0 aliphatic heterocycles. The highest BCUT2D eigenvalue weighted by atomic mass is 15.0. The minimum Gasteiger partial charge on any atom is -0.376 e. The molecule has 1 N–H and O–H groups in total. The number of hydrogen-bond donors (Lipinski definition) is 1. The molecule has 0 unspecified atom stereocenters. The summed E-state index contributed by atoms with van der Waals surface area (Å²) >= 11 is 0. The Morgan fingerprint density at radius 2 is 0.815 bits per heavy atom. The van der Waals surface area contributed by atoms with E-state index in [9.17, 15) is 0 Å². The Morgan fingerprint density at radius 3 is 1.37 bits per heavy atom. The normalized spacial score (nSPS) is 14.8. The summed E-state index contributed by atoms with van der Waals surface area (Å²) in [6, 6.07) is 58.9. The topological polar surface area (TPSA) is 12.0 Å². The van der Waals surface area contributed by atoms with E-state index in [0.29, 0.717) is 0 Å². The molecule has 0 saturated heterocycles. The lowest BCUT2D eigenvalue weighted by Crippen LogP contribution is -2.28. The summed E-state index contributed by atoms with van der Waals surface area (Å²) < 4.78 is 0. The molecule has 0 saturated carbocycles. The molecule has 2 aliphatic carbocycles. The van der Waals surface area contributed by atoms with Gasteiger partial charge in [-0.1, -0.05) is 149 Å². The second-order valence-electron chi connectivity index (χ2n) is 17.0. The van der Waals surface area contributed by atoms with Crippen LogP contribution in [0.3, 0.4) is 0 Å². The molecule has 0 radical (unpaired) electrons. The molecule has 0 bridgehead atoms. The predicted octanol–water partition coefficient (Wildman–Crippen LogP) is 14.3. The fraction of sp³-hybridized carbons (Fsp3) is 0.170. The minimum atomic E-state index is -0.201. The van der Waals surface area contributed by atoms with Crippen molar-refractivity contribution in [2.24, 2.45) is 0 Å². The van der Waals surface area contributed by atoms with Gasteiger partial charge in [-0.2, -0.15) is 0 Å². The smallest absolute Gasteiger partial charge is 0.0569 e. The standard InChI is InChI=1S/C53H45N/c1-51(2)45-28-36(54-53(5,6)35-22-14-9-15-23-35)26-27-37(45)41-30-47-42(31-46(41)51)40-29-43-44(32-48(40)52(47,3)4)50(34-20-12-8-13-21-34)39-25-17-16-24-38(39)49(43)33-18-10-7-11-19-33/h7-32,54H,1-6H3. The number of rotatable bonds is 5. The van der Waals surface area contributed by atoms with E-state index in [4.69, 9.17) is 0 Å². The van der Waals surface area contributed by atoms with E-state index in [2.05, 4.69) is 205 Å².